The molecule has 0 atom stereocenters. The lowest BCUT2D eigenvalue weighted by Crippen LogP contribution is -2.23. The zero-order valence-electron chi connectivity index (χ0n) is 12.1. The van der Waals surface area contributed by atoms with Crippen LogP contribution in [0.1, 0.15) is 47.1 Å². The van der Waals surface area contributed by atoms with E-state index in [1.807, 2.05) is 6.07 Å². The lowest BCUT2D eigenvalue weighted by atomic mass is 9.85. The van der Waals surface area contributed by atoms with E-state index in [1.54, 1.807) is 0 Å². The highest BCUT2D eigenvalue weighted by molar-refractivity contribution is 6.31. The first kappa shape index (κ1) is 13.5. The second kappa shape index (κ2) is 4.03. The van der Waals surface area contributed by atoms with E-state index >= 15 is 0 Å². The third kappa shape index (κ3) is 2.29. The van der Waals surface area contributed by atoms with Crippen molar-refractivity contribution in [1.29, 1.82) is 0 Å². The van der Waals surface area contributed by atoms with Crippen molar-refractivity contribution >= 4 is 22.5 Å². The first-order valence-electron chi connectivity index (χ1n) is 6.42. The summed E-state index contributed by atoms with van der Waals surface area (Å²) in [6.45, 7) is 13.4. The fourth-order valence-corrected chi connectivity index (χ4v) is 2.60. The Morgan fingerprint density at radius 2 is 1.61 bits per heavy atom. The molecule has 1 heterocycles. The molecule has 0 radical (unpaired) electrons. The molecule has 0 aliphatic carbocycles. The van der Waals surface area contributed by atoms with Gasteiger partial charge in [0.25, 0.3) is 0 Å². The highest BCUT2D eigenvalue weighted by atomic mass is 35.5. The summed E-state index contributed by atoms with van der Waals surface area (Å²) in [6.07, 6.45) is 2.16. The molecule has 0 spiro atoms. The van der Waals surface area contributed by atoms with E-state index in [0.717, 1.165) is 5.02 Å². The smallest absolute Gasteiger partial charge is 0.0524 e. The molecule has 98 valence electrons. The van der Waals surface area contributed by atoms with Crippen molar-refractivity contribution in [3.8, 4) is 0 Å². The predicted molar refractivity (Wildman–Crippen MR) is 80.6 cm³/mol. The third-order valence-electron chi connectivity index (χ3n) is 3.28. The zero-order valence-corrected chi connectivity index (χ0v) is 12.9. The lowest BCUT2D eigenvalue weighted by Gasteiger charge is -2.28. The van der Waals surface area contributed by atoms with Crippen LogP contribution in [0, 0.1) is 0 Å². The molecule has 0 unspecified atom stereocenters. The highest BCUT2D eigenvalue weighted by Crippen LogP contribution is 2.35. The average molecular weight is 264 g/mol. The Morgan fingerprint density at radius 3 is 2.11 bits per heavy atom. The molecule has 0 amide bonds. The number of aromatic nitrogens is 1. The van der Waals surface area contributed by atoms with E-state index in [9.17, 15) is 0 Å². The van der Waals surface area contributed by atoms with Gasteiger partial charge in [0.1, 0.15) is 0 Å². The van der Waals surface area contributed by atoms with Crippen LogP contribution in [0.2, 0.25) is 5.02 Å². The van der Waals surface area contributed by atoms with Gasteiger partial charge >= 0.3 is 0 Å². The maximum atomic E-state index is 6.24. The molecular formula is C16H22ClN. The van der Waals surface area contributed by atoms with Gasteiger partial charge in [-0.3, -0.25) is 0 Å². The van der Waals surface area contributed by atoms with E-state index in [4.69, 9.17) is 11.6 Å². The van der Waals surface area contributed by atoms with Gasteiger partial charge in [-0.15, -0.1) is 0 Å². The van der Waals surface area contributed by atoms with Gasteiger partial charge in [0.05, 0.1) is 5.52 Å². The van der Waals surface area contributed by atoms with Crippen LogP contribution in [0.4, 0.5) is 0 Å². The molecule has 0 saturated heterocycles. The van der Waals surface area contributed by atoms with Crippen molar-refractivity contribution < 1.29 is 0 Å². The van der Waals surface area contributed by atoms with Crippen molar-refractivity contribution in [3.63, 3.8) is 0 Å². The molecule has 2 aromatic rings. The van der Waals surface area contributed by atoms with Gasteiger partial charge in [0.2, 0.25) is 0 Å². The standard InChI is InChI=1S/C16H22ClN/c1-15(2,3)13-10-12(17)9-11-7-8-18(14(11)13)16(4,5)6/h7-10H,1-6H3. The van der Waals surface area contributed by atoms with E-state index in [1.165, 1.54) is 16.5 Å². The van der Waals surface area contributed by atoms with Crippen molar-refractivity contribution in [2.75, 3.05) is 0 Å². The second-order valence-corrected chi connectivity index (χ2v) is 7.43. The first-order chi connectivity index (χ1) is 8.10. The molecule has 0 bridgehead atoms. The Balaban J connectivity index is 2.87. The molecular weight excluding hydrogens is 242 g/mol. The summed E-state index contributed by atoms with van der Waals surface area (Å²) in [6, 6.07) is 6.31. The van der Waals surface area contributed by atoms with Crippen LogP contribution in [-0.4, -0.2) is 4.57 Å². The third-order valence-corrected chi connectivity index (χ3v) is 3.50. The summed E-state index contributed by atoms with van der Waals surface area (Å²) in [5, 5.41) is 2.04. The molecule has 1 nitrogen and oxygen atoms in total. The van der Waals surface area contributed by atoms with E-state index in [0.29, 0.717) is 0 Å². The Labute approximate surface area is 115 Å². The largest absolute Gasteiger partial charge is 0.342 e. The minimum absolute atomic E-state index is 0.0789. The summed E-state index contributed by atoms with van der Waals surface area (Å²) in [5.41, 5.74) is 2.78. The zero-order chi connectivity index (χ0) is 13.7. The maximum Gasteiger partial charge on any atom is 0.0524 e. The quantitative estimate of drug-likeness (QED) is 0.604. The minimum Gasteiger partial charge on any atom is -0.342 e. The van der Waals surface area contributed by atoms with Gasteiger partial charge in [-0.1, -0.05) is 32.4 Å². The fraction of sp³-hybridized carbons (Fsp3) is 0.500. The van der Waals surface area contributed by atoms with E-state index in [2.05, 4.69) is 64.4 Å². The maximum absolute atomic E-state index is 6.24. The summed E-state index contributed by atoms with van der Waals surface area (Å²) in [7, 11) is 0. The van der Waals surface area contributed by atoms with Crippen molar-refractivity contribution in [2.45, 2.75) is 52.5 Å². The van der Waals surface area contributed by atoms with Crippen LogP contribution >= 0.6 is 11.6 Å². The Hall–Kier alpha value is -0.950. The Bertz CT molecular complexity index is 579. The van der Waals surface area contributed by atoms with Gasteiger partial charge in [-0.05, 0) is 49.9 Å². The molecule has 2 heteroatoms. The molecule has 1 aromatic carbocycles. The number of nitrogens with zero attached hydrogens (tertiary/aromatic N) is 1. The molecule has 1 aromatic heterocycles. The van der Waals surface area contributed by atoms with Gasteiger partial charge in [-0.25, -0.2) is 0 Å². The Kier molecular flexibility index (Phi) is 3.02. The van der Waals surface area contributed by atoms with Gasteiger partial charge < -0.3 is 4.57 Å². The highest BCUT2D eigenvalue weighted by Gasteiger charge is 2.23. The summed E-state index contributed by atoms with van der Waals surface area (Å²) >= 11 is 6.24. The summed E-state index contributed by atoms with van der Waals surface area (Å²) < 4.78 is 2.35. The van der Waals surface area contributed by atoms with E-state index in [-0.39, 0.29) is 11.0 Å². The van der Waals surface area contributed by atoms with Crippen molar-refractivity contribution in [3.05, 3.63) is 35.0 Å². The molecule has 0 N–H and O–H groups in total. The van der Waals surface area contributed by atoms with Crippen molar-refractivity contribution in [2.24, 2.45) is 0 Å². The molecule has 0 fully saturated rings. The van der Waals surface area contributed by atoms with Crippen LogP contribution < -0.4 is 0 Å². The number of halogens is 1. The summed E-state index contributed by atoms with van der Waals surface area (Å²) in [5.74, 6) is 0. The van der Waals surface area contributed by atoms with Crippen LogP contribution in [0.25, 0.3) is 10.9 Å². The van der Waals surface area contributed by atoms with Crippen LogP contribution in [-0.2, 0) is 11.0 Å². The normalized spacial score (nSPS) is 13.3. The number of hydrogen-bond acceptors (Lipinski definition) is 0. The van der Waals surface area contributed by atoms with Gasteiger partial charge in [0.15, 0.2) is 0 Å². The molecule has 18 heavy (non-hydrogen) atoms. The second-order valence-electron chi connectivity index (χ2n) is 7.00. The topological polar surface area (TPSA) is 4.93 Å². The fourth-order valence-electron chi connectivity index (χ4n) is 2.38. The van der Waals surface area contributed by atoms with E-state index < -0.39 is 0 Å². The van der Waals surface area contributed by atoms with Gasteiger partial charge in [0, 0.05) is 22.1 Å². The average Bonchev–Trinajstić information content (AvgIpc) is 2.57. The lowest BCUT2D eigenvalue weighted by molar-refractivity contribution is 0.408. The number of fused-ring (bicyclic) bond motifs is 1. The number of hydrogen-bond donors (Lipinski definition) is 0. The van der Waals surface area contributed by atoms with Crippen LogP contribution in [0.5, 0.6) is 0 Å². The minimum atomic E-state index is 0.0789. The molecule has 0 saturated carbocycles. The number of benzene rings is 1. The SMILES string of the molecule is CC(C)(C)c1cc(Cl)cc2ccn(C(C)(C)C)c12. The monoisotopic (exact) mass is 263 g/mol. The van der Waals surface area contributed by atoms with Crippen LogP contribution in [0.15, 0.2) is 24.4 Å². The molecule has 0 aliphatic rings. The van der Waals surface area contributed by atoms with Crippen molar-refractivity contribution in [1.82, 2.24) is 4.57 Å². The predicted octanol–water partition coefficient (Wildman–Crippen LogP) is 5.35. The molecule has 0 aliphatic heterocycles. The molecule has 2 rings (SSSR count). The number of rotatable bonds is 0. The van der Waals surface area contributed by atoms with Gasteiger partial charge in [-0.2, -0.15) is 0 Å². The van der Waals surface area contributed by atoms with Crippen LogP contribution in [0.3, 0.4) is 0 Å². The Morgan fingerprint density at radius 1 is 1.00 bits per heavy atom. The first-order valence-corrected chi connectivity index (χ1v) is 6.80. The summed E-state index contributed by atoms with van der Waals surface area (Å²) in [4.78, 5) is 0.